The van der Waals surface area contributed by atoms with Gasteiger partial charge < -0.3 is 9.64 Å². The SMILES string of the molecule is O=C(c1ccc2nccnc2c1)N(Cc1cccc(-c2ccccc2)c1)CC1CCOC1. The third-order valence-corrected chi connectivity index (χ3v) is 5.91. The Labute approximate surface area is 187 Å². The van der Waals surface area contributed by atoms with Crippen LogP contribution in [-0.2, 0) is 11.3 Å². The van der Waals surface area contributed by atoms with Crippen molar-refractivity contribution >= 4 is 16.9 Å². The molecule has 0 radical (unpaired) electrons. The minimum Gasteiger partial charge on any atom is -0.381 e. The predicted octanol–water partition coefficient (Wildman–Crippen LogP) is 4.98. The Hall–Kier alpha value is -3.57. The summed E-state index contributed by atoms with van der Waals surface area (Å²) in [5.41, 5.74) is 5.59. The van der Waals surface area contributed by atoms with Crippen molar-refractivity contribution in [2.24, 2.45) is 5.92 Å². The lowest BCUT2D eigenvalue weighted by molar-refractivity contribution is 0.0706. The zero-order valence-corrected chi connectivity index (χ0v) is 17.9. The van der Waals surface area contributed by atoms with E-state index in [2.05, 4.69) is 46.4 Å². The molecule has 4 aromatic rings. The molecule has 1 aliphatic heterocycles. The molecule has 1 fully saturated rings. The van der Waals surface area contributed by atoms with E-state index in [4.69, 9.17) is 4.74 Å². The summed E-state index contributed by atoms with van der Waals surface area (Å²) in [4.78, 5) is 24.2. The number of carbonyl (C=O) groups excluding carboxylic acids is 1. The molecule has 0 saturated carbocycles. The van der Waals surface area contributed by atoms with Gasteiger partial charge >= 0.3 is 0 Å². The van der Waals surface area contributed by atoms with E-state index in [9.17, 15) is 4.79 Å². The van der Waals surface area contributed by atoms with Gasteiger partial charge in [0.05, 0.1) is 17.6 Å². The van der Waals surface area contributed by atoms with Crippen LogP contribution in [0.4, 0.5) is 0 Å². The standard InChI is InChI=1S/C27H25N3O2/c31-27(24-9-10-25-26(16-24)29-13-12-28-25)30(18-21-11-14-32-19-21)17-20-5-4-8-23(15-20)22-6-2-1-3-7-22/h1-10,12-13,15-16,21H,11,14,17-19H2. The van der Waals surface area contributed by atoms with E-state index >= 15 is 0 Å². The summed E-state index contributed by atoms with van der Waals surface area (Å²) in [5, 5.41) is 0. The third kappa shape index (κ3) is 4.53. The number of nitrogens with zero attached hydrogens (tertiary/aromatic N) is 3. The van der Waals surface area contributed by atoms with Gasteiger partial charge in [-0.1, -0.05) is 48.5 Å². The number of rotatable bonds is 6. The summed E-state index contributed by atoms with van der Waals surface area (Å²) in [6.45, 7) is 2.69. The number of aromatic nitrogens is 2. The first-order valence-electron chi connectivity index (χ1n) is 11.0. The van der Waals surface area contributed by atoms with Crippen molar-refractivity contribution in [1.29, 1.82) is 0 Å². The van der Waals surface area contributed by atoms with Gasteiger partial charge in [-0.3, -0.25) is 14.8 Å². The van der Waals surface area contributed by atoms with Crippen LogP contribution in [0.15, 0.2) is 85.2 Å². The first kappa shape index (κ1) is 20.3. The average Bonchev–Trinajstić information content (AvgIpc) is 3.37. The molecule has 1 aliphatic rings. The minimum atomic E-state index is 0.00886. The van der Waals surface area contributed by atoms with Crippen molar-refractivity contribution < 1.29 is 9.53 Å². The van der Waals surface area contributed by atoms with Gasteiger partial charge in [0.25, 0.3) is 5.91 Å². The Kier molecular flexibility index (Phi) is 5.90. The van der Waals surface area contributed by atoms with Gasteiger partial charge in [-0.2, -0.15) is 0 Å². The second-order valence-corrected chi connectivity index (χ2v) is 8.24. The fraction of sp³-hybridized carbons (Fsp3) is 0.222. The average molecular weight is 424 g/mol. The van der Waals surface area contributed by atoms with E-state index in [0.29, 0.717) is 31.2 Å². The third-order valence-electron chi connectivity index (χ3n) is 5.91. The van der Waals surface area contributed by atoms with Crippen LogP contribution < -0.4 is 0 Å². The Morgan fingerprint density at radius 2 is 1.72 bits per heavy atom. The van der Waals surface area contributed by atoms with Gasteiger partial charge in [-0.15, -0.1) is 0 Å². The van der Waals surface area contributed by atoms with Gasteiger partial charge in [0.15, 0.2) is 0 Å². The molecule has 2 heterocycles. The van der Waals surface area contributed by atoms with Crippen molar-refractivity contribution in [3.8, 4) is 11.1 Å². The van der Waals surface area contributed by atoms with E-state index < -0.39 is 0 Å². The zero-order chi connectivity index (χ0) is 21.8. The molecule has 1 amide bonds. The van der Waals surface area contributed by atoms with E-state index in [1.807, 2.05) is 41.3 Å². The second kappa shape index (κ2) is 9.28. The Balaban J connectivity index is 1.43. The number of ether oxygens (including phenoxy) is 1. The fourth-order valence-electron chi connectivity index (χ4n) is 4.24. The smallest absolute Gasteiger partial charge is 0.254 e. The molecule has 5 heteroatoms. The maximum absolute atomic E-state index is 13.6. The van der Waals surface area contributed by atoms with Gasteiger partial charge in [0.1, 0.15) is 0 Å². The quantitative estimate of drug-likeness (QED) is 0.439. The molecule has 0 bridgehead atoms. The van der Waals surface area contributed by atoms with Crippen LogP contribution in [0.5, 0.6) is 0 Å². The Morgan fingerprint density at radius 3 is 2.53 bits per heavy atom. The summed E-state index contributed by atoms with van der Waals surface area (Å²) in [6.07, 6.45) is 4.30. The first-order chi connectivity index (χ1) is 15.8. The molecule has 1 atom stereocenters. The Bertz CT molecular complexity index is 1220. The normalized spacial score (nSPS) is 15.7. The summed E-state index contributed by atoms with van der Waals surface area (Å²) >= 11 is 0. The van der Waals surface area contributed by atoms with E-state index in [1.165, 1.54) is 5.56 Å². The number of hydrogen-bond acceptors (Lipinski definition) is 4. The number of fused-ring (bicyclic) bond motifs is 1. The van der Waals surface area contributed by atoms with Crippen LogP contribution in [0.25, 0.3) is 22.2 Å². The predicted molar refractivity (Wildman–Crippen MR) is 125 cm³/mol. The molecule has 1 unspecified atom stereocenters. The monoisotopic (exact) mass is 423 g/mol. The van der Waals surface area contributed by atoms with Crippen molar-refractivity contribution in [3.05, 3.63) is 96.3 Å². The minimum absolute atomic E-state index is 0.00886. The summed E-state index contributed by atoms with van der Waals surface area (Å²) in [5.74, 6) is 0.367. The number of carbonyl (C=O) groups is 1. The summed E-state index contributed by atoms with van der Waals surface area (Å²) in [7, 11) is 0. The highest BCUT2D eigenvalue weighted by Gasteiger charge is 2.24. The molecule has 0 spiro atoms. The molecule has 0 N–H and O–H groups in total. The van der Waals surface area contributed by atoms with Gasteiger partial charge in [0, 0.05) is 43.6 Å². The summed E-state index contributed by atoms with van der Waals surface area (Å²) in [6, 6.07) is 24.3. The van der Waals surface area contributed by atoms with Gasteiger partial charge in [-0.05, 0) is 47.4 Å². The van der Waals surface area contributed by atoms with Gasteiger partial charge in [0.2, 0.25) is 0 Å². The van der Waals surface area contributed by atoms with Crippen LogP contribution in [0.1, 0.15) is 22.3 Å². The lowest BCUT2D eigenvalue weighted by atomic mass is 10.0. The van der Waals surface area contributed by atoms with Crippen molar-refractivity contribution in [3.63, 3.8) is 0 Å². The number of amides is 1. The largest absolute Gasteiger partial charge is 0.381 e. The zero-order valence-electron chi connectivity index (χ0n) is 17.9. The number of hydrogen-bond donors (Lipinski definition) is 0. The van der Waals surface area contributed by atoms with Crippen LogP contribution in [0.2, 0.25) is 0 Å². The maximum atomic E-state index is 13.6. The van der Waals surface area contributed by atoms with Crippen LogP contribution in [0.3, 0.4) is 0 Å². The van der Waals surface area contributed by atoms with Crippen molar-refractivity contribution in [2.45, 2.75) is 13.0 Å². The second-order valence-electron chi connectivity index (χ2n) is 8.24. The van der Waals surface area contributed by atoms with E-state index in [1.54, 1.807) is 12.4 Å². The molecule has 5 nitrogen and oxygen atoms in total. The first-order valence-corrected chi connectivity index (χ1v) is 11.0. The Morgan fingerprint density at radius 1 is 0.906 bits per heavy atom. The molecule has 32 heavy (non-hydrogen) atoms. The maximum Gasteiger partial charge on any atom is 0.254 e. The van der Waals surface area contributed by atoms with Crippen LogP contribution in [-0.4, -0.2) is 40.5 Å². The molecular weight excluding hydrogens is 398 g/mol. The molecule has 160 valence electrons. The molecule has 1 aromatic heterocycles. The highest BCUT2D eigenvalue weighted by molar-refractivity contribution is 5.97. The van der Waals surface area contributed by atoms with Crippen LogP contribution >= 0.6 is 0 Å². The lowest BCUT2D eigenvalue weighted by Gasteiger charge is -2.26. The highest BCUT2D eigenvalue weighted by atomic mass is 16.5. The molecular formula is C27H25N3O2. The number of benzene rings is 3. The van der Waals surface area contributed by atoms with Crippen molar-refractivity contribution in [2.75, 3.05) is 19.8 Å². The highest BCUT2D eigenvalue weighted by Crippen LogP contribution is 2.23. The topological polar surface area (TPSA) is 55.3 Å². The van der Waals surface area contributed by atoms with E-state index in [-0.39, 0.29) is 5.91 Å². The van der Waals surface area contributed by atoms with E-state index in [0.717, 1.165) is 35.2 Å². The molecule has 5 rings (SSSR count). The molecule has 0 aliphatic carbocycles. The lowest BCUT2D eigenvalue weighted by Crippen LogP contribution is -2.35. The van der Waals surface area contributed by atoms with Gasteiger partial charge in [-0.25, -0.2) is 0 Å². The fourth-order valence-corrected chi connectivity index (χ4v) is 4.24. The summed E-state index contributed by atoms with van der Waals surface area (Å²) < 4.78 is 5.57. The molecule has 1 saturated heterocycles. The van der Waals surface area contributed by atoms with Crippen LogP contribution in [0, 0.1) is 5.92 Å². The molecule has 3 aromatic carbocycles. The van der Waals surface area contributed by atoms with Crippen molar-refractivity contribution in [1.82, 2.24) is 14.9 Å².